The van der Waals surface area contributed by atoms with Gasteiger partial charge in [0, 0.05) is 0 Å². The SMILES string of the molecule is O=C1OP2(c3ccccc3)(OC(=O)c3ccccc32)c2ccccc21. The topological polar surface area (TPSA) is 52.6 Å². The fraction of sp³-hybridized carbons (Fsp3) is 0. The van der Waals surface area contributed by atoms with E-state index in [2.05, 4.69) is 0 Å². The summed E-state index contributed by atoms with van der Waals surface area (Å²) in [6.45, 7) is 0. The van der Waals surface area contributed by atoms with Crippen molar-refractivity contribution in [2.24, 2.45) is 0 Å². The third-order valence-electron chi connectivity index (χ3n) is 4.86. The fourth-order valence-electron chi connectivity index (χ4n) is 3.84. The molecule has 0 atom stereocenters. The van der Waals surface area contributed by atoms with Crippen LogP contribution in [0.3, 0.4) is 0 Å². The molecule has 0 unspecified atom stereocenters. The summed E-state index contributed by atoms with van der Waals surface area (Å²) in [5, 5.41) is 2.02. The predicted octanol–water partition coefficient (Wildman–Crippen LogP) is 2.69. The number of hydrogen-bond donors (Lipinski definition) is 0. The van der Waals surface area contributed by atoms with Crippen LogP contribution < -0.4 is 15.9 Å². The van der Waals surface area contributed by atoms with Crippen LogP contribution in [0.2, 0.25) is 0 Å². The third kappa shape index (κ3) is 1.51. The summed E-state index contributed by atoms with van der Waals surface area (Å²) in [6.07, 6.45) is 0. The molecule has 2 aliphatic rings. The third-order valence-corrected chi connectivity index (χ3v) is 9.66. The molecule has 5 heteroatoms. The minimum atomic E-state index is -4.07. The van der Waals surface area contributed by atoms with Crippen molar-refractivity contribution in [3.05, 3.63) is 90.0 Å². The first-order valence-electron chi connectivity index (χ1n) is 7.92. The number of hydrogen-bond acceptors (Lipinski definition) is 4. The first-order valence-corrected chi connectivity index (χ1v) is 9.99. The van der Waals surface area contributed by atoms with E-state index in [1.165, 1.54) is 0 Å². The summed E-state index contributed by atoms with van der Waals surface area (Å²) in [6, 6.07) is 23.7. The zero-order valence-corrected chi connectivity index (χ0v) is 14.0. The van der Waals surface area contributed by atoms with Gasteiger partial charge in [-0.3, -0.25) is 0 Å². The van der Waals surface area contributed by atoms with Gasteiger partial charge < -0.3 is 0 Å². The van der Waals surface area contributed by atoms with E-state index in [-0.39, 0.29) is 0 Å². The van der Waals surface area contributed by atoms with Crippen LogP contribution in [0.5, 0.6) is 0 Å². The molecule has 25 heavy (non-hydrogen) atoms. The van der Waals surface area contributed by atoms with Gasteiger partial charge in [0.05, 0.1) is 0 Å². The molecule has 0 bridgehead atoms. The van der Waals surface area contributed by atoms with Crippen LogP contribution in [-0.2, 0) is 9.05 Å². The number of carbonyl (C=O) groups excluding carboxylic acids is 2. The van der Waals surface area contributed by atoms with Crippen LogP contribution in [0, 0.1) is 0 Å². The van der Waals surface area contributed by atoms with Crippen LogP contribution in [-0.4, -0.2) is 11.9 Å². The van der Waals surface area contributed by atoms with E-state index in [0.29, 0.717) is 27.0 Å². The molecule has 2 aliphatic heterocycles. The van der Waals surface area contributed by atoms with Gasteiger partial charge in [-0.15, -0.1) is 0 Å². The van der Waals surface area contributed by atoms with Gasteiger partial charge in [0.1, 0.15) is 0 Å². The normalized spacial score (nSPS) is 20.1. The van der Waals surface area contributed by atoms with Crippen LogP contribution >= 0.6 is 7.06 Å². The van der Waals surface area contributed by atoms with E-state index in [1.807, 2.05) is 54.6 Å². The van der Waals surface area contributed by atoms with Crippen LogP contribution in [0.25, 0.3) is 0 Å². The van der Waals surface area contributed by atoms with Crippen LogP contribution in [0.4, 0.5) is 0 Å². The van der Waals surface area contributed by atoms with Gasteiger partial charge in [0.15, 0.2) is 0 Å². The summed E-state index contributed by atoms with van der Waals surface area (Å²) in [5.74, 6) is -0.914. The summed E-state index contributed by atoms with van der Waals surface area (Å²) in [4.78, 5) is 25.5. The van der Waals surface area contributed by atoms with Crippen LogP contribution in [0.1, 0.15) is 20.7 Å². The Morgan fingerprint density at radius 2 is 1.00 bits per heavy atom. The fourth-order valence-corrected chi connectivity index (χ4v) is 8.76. The van der Waals surface area contributed by atoms with Crippen LogP contribution in [0.15, 0.2) is 78.9 Å². The summed E-state index contributed by atoms with van der Waals surface area (Å²) in [5.41, 5.74) is 0.905. The van der Waals surface area contributed by atoms with Crippen molar-refractivity contribution in [3.8, 4) is 0 Å². The minimum absolute atomic E-state index is 0.452. The second-order valence-corrected chi connectivity index (χ2v) is 9.85. The van der Waals surface area contributed by atoms with Crippen molar-refractivity contribution in [1.29, 1.82) is 0 Å². The molecule has 0 radical (unpaired) electrons. The van der Waals surface area contributed by atoms with Crippen molar-refractivity contribution in [3.63, 3.8) is 0 Å². The molecule has 0 saturated heterocycles. The van der Waals surface area contributed by atoms with Gasteiger partial charge in [-0.1, -0.05) is 0 Å². The van der Waals surface area contributed by atoms with Crippen molar-refractivity contribution in [2.75, 3.05) is 0 Å². The number of rotatable bonds is 1. The number of benzene rings is 3. The molecule has 0 saturated carbocycles. The van der Waals surface area contributed by atoms with E-state index in [9.17, 15) is 9.59 Å². The summed E-state index contributed by atoms with van der Waals surface area (Å²) < 4.78 is 12.2. The van der Waals surface area contributed by atoms with Gasteiger partial charge in [0.25, 0.3) is 0 Å². The molecule has 5 rings (SSSR count). The Morgan fingerprint density at radius 1 is 0.560 bits per heavy atom. The number of fused-ring (bicyclic) bond motifs is 4. The van der Waals surface area contributed by atoms with E-state index < -0.39 is 19.0 Å². The standard InChI is InChI=1S/C20H13O4P/c21-19-15-10-4-6-12-17(15)25(23-19,14-8-2-1-3-9-14)18-13-7-5-11-16(18)20(22)24-25/h1-13H. The van der Waals surface area contributed by atoms with Gasteiger partial charge in [-0.2, -0.15) is 0 Å². The Morgan fingerprint density at radius 3 is 1.52 bits per heavy atom. The molecule has 0 aromatic heterocycles. The van der Waals surface area contributed by atoms with Crippen molar-refractivity contribution < 1.29 is 18.6 Å². The van der Waals surface area contributed by atoms with Gasteiger partial charge >= 0.3 is 144 Å². The molecule has 0 amide bonds. The van der Waals surface area contributed by atoms with Gasteiger partial charge in [0.2, 0.25) is 0 Å². The maximum absolute atomic E-state index is 12.7. The van der Waals surface area contributed by atoms with Crippen molar-refractivity contribution in [2.45, 2.75) is 0 Å². The molecule has 0 fully saturated rings. The van der Waals surface area contributed by atoms with E-state index in [1.54, 1.807) is 24.3 Å². The van der Waals surface area contributed by atoms with Gasteiger partial charge in [-0.25, -0.2) is 0 Å². The Labute approximate surface area is 144 Å². The zero-order valence-electron chi connectivity index (χ0n) is 13.1. The van der Waals surface area contributed by atoms with Gasteiger partial charge in [-0.05, 0) is 0 Å². The second-order valence-electron chi connectivity index (χ2n) is 6.09. The Hall–Kier alpha value is -2.97. The molecule has 3 aromatic carbocycles. The summed E-state index contributed by atoms with van der Waals surface area (Å²) >= 11 is 0. The maximum atomic E-state index is 12.7. The zero-order chi connectivity index (χ0) is 17.1. The molecular weight excluding hydrogens is 335 g/mol. The van der Waals surface area contributed by atoms with Crippen molar-refractivity contribution in [1.82, 2.24) is 0 Å². The Kier molecular flexibility index (Phi) is 2.62. The molecule has 0 aliphatic carbocycles. The molecular formula is C20H13O4P. The first kappa shape index (κ1) is 14.4. The average molecular weight is 348 g/mol. The molecule has 0 N–H and O–H groups in total. The Balaban J connectivity index is 2.02. The summed E-state index contributed by atoms with van der Waals surface area (Å²) in [7, 11) is -4.07. The molecule has 2 heterocycles. The van der Waals surface area contributed by atoms with E-state index in [4.69, 9.17) is 9.05 Å². The quantitative estimate of drug-likeness (QED) is 0.635. The monoisotopic (exact) mass is 348 g/mol. The van der Waals surface area contributed by atoms with Crippen molar-refractivity contribution >= 4 is 34.9 Å². The first-order chi connectivity index (χ1) is 12.2. The average Bonchev–Trinajstić information content (AvgIpc) is 3.08. The Bertz CT molecular complexity index is 993. The second kappa shape index (κ2) is 4.56. The van der Waals surface area contributed by atoms with E-state index in [0.717, 1.165) is 0 Å². The molecule has 122 valence electrons. The molecule has 1 spiro atoms. The molecule has 3 aromatic rings. The predicted molar refractivity (Wildman–Crippen MR) is 96.0 cm³/mol. The number of carbonyl (C=O) groups is 2. The molecule has 4 nitrogen and oxygen atoms in total. The van der Waals surface area contributed by atoms with E-state index >= 15 is 0 Å².